The minimum atomic E-state index is -1.40. The van der Waals surface area contributed by atoms with E-state index in [-0.39, 0.29) is 5.91 Å². The smallest absolute Gasteiger partial charge is 0.220 e. The van der Waals surface area contributed by atoms with Gasteiger partial charge < -0.3 is 25.7 Å². The van der Waals surface area contributed by atoms with Crippen LogP contribution in [0, 0.1) is 0 Å². The van der Waals surface area contributed by atoms with Crippen molar-refractivity contribution in [3.8, 4) is 0 Å². The second kappa shape index (κ2) is 38.5. The molecule has 0 spiro atoms. The summed E-state index contributed by atoms with van der Waals surface area (Å²) in [6, 6.07) is -0.978. The molecule has 0 rings (SSSR count). The van der Waals surface area contributed by atoms with Crippen LogP contribution in [0.15, 0.2) is 0 Å². The van der Waals surface area contributed by atoms with E-state index >= 15 is 0 Å². The molecule has 0 aliphatic rings. The van der Waals surface area contributed by atoms with Gasteiger partial charge in [0.1, 0.15) is 12.2 Å². The fourth-order valence-electron chi connectivity index (χ4n) is 7.07. The van der Waals surface area contributed by atoms with Crippen LogP contribution in [-0.4, -0.2) is 57.3 Å². The van der Waals surface area contributed by atoms with Crippen LogP contribution in [0.4, 0.5) is 0 Å². The van der Waals surface area contributed by atoms with Gasteiger partial charge in [0.25, 0.3) is 0 Å². The third kappa shape index (κ3) is 32.9. The van der Waals surface area contributed by atoms with Crippen molar-refractivity contribution in [3.63, 3.8) is 0 Å². The number of aliphatic hydroxyl groups is 4. The first-order valence-corrected chi connectivity index (χ1v) is 21.9. The number of rotatable bonds is 40. The van der Waals surface area contributed by atoms with Crippen LogP contribution in [0.3, 0.4) is 0 Å². The highest BCUT2D eigenvalue weighted by Crippen LogP contribution is 2.17. The number of carbonyl (C=O) groups excluding carboxylic acids is 1. The first-order chi connectivity index (χ1) is 24.0. The molecule has 294 valence electrons. The molecular weight excluding hydrogens is 610 g/mol. The summed E-state index contributed by atoms with van der Waals surface area (Å²) in [5.74, 6) is -0.224. The summed E-state index contributed by atoms with van der Waals surface area (Å²) in [6.45, 7) is 4.05. The highest BCUT2D eigenvalue weighted by atomic mass is 16.4. The van der Waals surface area contributed by atoms with Gasteiger partial charge in [-0.2, -0.15) is 0 Å². The second-order valence-corrected chi connectivity index (χ2v) is 15.4. The lowest BCUT2D eigenvalue weighted by Gasteiger charge is -2.29. The standard InChI is InChI=1S/C43H87NO5/c1-3-5-7-9-11-13-15-16-17-18-19-20-21-22-23-24-25-27-29-31-33-35-37-41(47)44-39(38-45)42(48)43(49)40(46)36-34-32-30-28-26-14-12-10-8-6-4-2/h39-40,42-43,45-46,48-49H,3-38H2,1-2H3,(H,44,47)/t39-,40-,42+,43-/m1/s1. The van der Waals surface area contributed by atoms with Gasteiger partial charge in [0.05, 0.1) is 18.8 Å². The molecule has 0 saturated heterocycles. The van der Waals surface area contributed by atoms with E-state index in [4.69, 9.17) is 0 Å². The summed E-state index contributed by atoms with van der Waals surface area (Å²) in [6.07, 6.45) is 39.4. The largest absolute Gasteiger partial charge is 0.394 e. The minimum absolute atomic E-state index is 0.224. The van der Waals surface area contributed by atoms with Gasteiger partial charge in [-0.1, -0.05) is 219 Å². The molecule has 4 atom stereocenters. The molecule has 0 aliphatic carbocycles. The number of hydrogen-bond acceptors (Lipinski definition) is 5. The summed E-state index contributed by atoms with van der Waals surface area (Å²) in [7, 11) is 0. The predicted molar refractivity (Wildman–Crippen MR) is 210 cm³/mol. The quantitative estimate of drug-likeness (QED) is 0.0409. The van der Waals surface area contributed by atoms with E-state index in [0.717, 1.165) is 38.5 Å². The van der Waals surface area contributed by atoms with Gasteiger partial charge in [0, 0.05) is 6.42 Å². The molecule has 0 bridgehead atoms. The molecule has 0 aromatic heterocycles. The lowest BCUT2D eigenvalue weighted by molar-refractivity contribution is -0.126. The average molecular weight is 698 g/mol. The van der Waals surface area contributed by atoms with Crippen molar-refractivity contribution in [2.24, 2.45) is 0 Å². The van der Waals surface area contributed by atoms with Crippen molar-refractivity contribution in [1.82, 2.24) is 5.32 Å². The normalized spacial score (nSPS) is 14.2. The molecule has 49 heavy (non-hydrogen) atoms. The summed E-state index contributed by atoms with van der Waals surface area (Å²) in [5, 5.41) is 43.8. The van der Waals surface area contributed by atoms with Crippen molar-refractivity contribution in [1.29, 1.82) is 0 Å². The van der Waals surface area contributed by atoms with Gasteiger partial charge in [-0.15, -0.1) is 0 Å². The SMILES string of the molecule is CCCCCCCCCCCCCCCCCCCCCCCCC(=O)N[C@H](CO)[C@H](O)[C@H](O)[C@H](O)CCCCCCCCCCCCC. The summed E-state index contributed by atoms with van der Waals surface area (Å²) >= 11 is 0. The fraction of sp³-hybridized carbons (Fsp3) is 0.977. The van der Waals surface area contributed by atoms with Gasteiger partial charge in [-0.3, -0.25) is 4.79 Å². The molecule has 0 unspecified atom stereocenters. The highest BCUT2D eigenvalue weighted by Gasteiger charge is 2.31. The van der Waals surface area contributed by atoms with Crippen molar-refractivity contribution in [2.75, 3.05) is 6.61 Å². The Morgan fingerprint density at radius 2 is 0.714 bits per heavy atom. The van der Waals surface area contributed by atoms with E-state index in [1.54, 1.807) is 0 Å². The number of unbranched alkanes of at least 4 members (excludes halogenated alkanes) is 31. The van der Waals surface area contributed by atoms with Crippen molar-refractivity contribution in [3.05, 3.63) is 0 Å². The maximum absolute atomic E-state index is 12.4. The van der Waals surface area contributed by atoms with E-state index in [0.29, 0.717) is 12.8 Å². The Morgan fingerprint density at radius 1 is 0.429 bits per heavy atom. The molecule has 5 N–H and O–H groups in total. The Labute approximate surface area is 305 Å². The summed E-state index contributed by atoms with van der Waals surface area (Å²) < 4.78 is 0. The monoisotopic (exact) mass is 698 g/mol. The fourth-order valence-corrected chi connectivity index (χ4v) is 7.07. The summed E-state index contributed by atoms with van der Waals surface area (Å²) in [4.78, 5) is 12.4. The Kier molecular flexibility index (Phi) is 38.0. The Bertz CT molecular complexity index is 662. The maximum atomic E-state index is 12.4. The number of nitrogens with one attached hydrogen (secondary N) is 1. The molecule has 0 saturated carbocycles. The minimum Gasteiger partial charge on any atom is -0.394 e. The lowest BCUT2D eigenvalue weighted by Crippen LogP contribution is -2.53. The molecule has 0 heterocycles. The third-order valence-electron chi connectivity index (χ3n) is 10.6. The lowest BCUT2D eigenvalue weighted by atomic mass is 9.96. The molecule has 1 amide bonds. The van der Waals surface area contributed by atoms with E-state index in [2.05, 4.69) is 19.2 Å². The van der Waals surface area contributed by atoms with Crippen LogP contribution in [-0.2, 0) is 4.79 Å². The Balaban J connectivity index is 3.64. The van der Waals surface area contributed by atoms with Crippen molar-refractivity contribution in [2.45, 2.75) is 263 Å². The molecular formula is C43H87NO5. The molecule has 0 aliphatic heterocycles. The van der Waals surface area contributed by atoms with Crippen LogP contribution >= 0.6 is 0 Å². The van der Waals surface area contributed by atoms with Crippen LogP contribution in [0.1, 0.15) is 239 Å². The van der Waals surface area contributed by atoms with Crippen LogP contribution in [0.25, 0.3) is 0 Å². The first-order valence-electron chi connectivity index (χ1n) is 21.9. The zero-order valence-corrected chi connectivity index (χ0v) is 33.0. The number of carbonyl (C=O) groups is 1. The van der Waals surface area contributed by atoms with E-state index in [9.17, 15) is 25.2 Å². The predicted octanol–water partition coefficient (Wildman–Crippen LogP) is 11.2. The topological polar surface area (TPSA) is 110 Å². The van der Waals surface area contributed by atoms with Gasteiger partial charge >= 0.3 is 0 Å². The van der Waals surface area contributed by atoms with Gasteiger partial charge in [0.15, 0.2) is 0 Å². The number of hydrogen-bond donors (Lipinski definition) is 5. The molecule has 6 heteroatoms. The Hall–Kier alpha value is -0.690. The van der Waals surface area contributed by atoms with Crippen molar-refractivity contribution >= 4 is 5.91 Å². The molecule has 0 radical (unpaired) electrons. The van der Waals surface area contributed by atoms with Gasteiger partial charge in [-0.25, -0.2) is 0 Å². The summed E-state index contributed by atoms with van der Waals surface area (Å²) in [5.41, 5.74) is 0. The van der Waals surface area contributed by atoms with Crippen LogP contribution in [0.2, 0.25) is 0 Å². The Morgan fingerprint density at radius 3 is 1.02 bits per heavy atom. The van der Waals surface area contributed by atoms with E-state index in [1.165, 1.54) is 173 Å². The zero-order chi connectivity index (χ0) is 36.0. The second-order valence-electron chi connectivity index (χ2n) is 15.4. The number of amides is 1. The van der Waals surface area contributed by atoms with Gasteiger partial charge in [-0.05, 0) is 12.8 Å². The van der Waals surface area contributed by atoms with Crippen LogP contribution in [0.5, 0.6) is 0 Å². The number of aliphatic hydroxyl groups excluding tert-OH is 4. The third-order valence-corrected chi connectivity index (χ3v) is 10.6. The highest BCUT2D eigenvalue weighted by molar-refractivity contribution is 5.76. The van der Waals surface area contributed by atoms with E-state index < -0.39 is 31.0 Å². The van der Waals surface area contributed by atoms with E-state index in [1.807, 2.05) is 0 Å². The molecule has 6 nitrogen and oxygen atoms in total. The molecule has 0 fully saturated rings. The van der Waals surface area contributed by atoms with Crippen molar-refractivity contribution < 1.29 is 25.2 Å². The maximum Gasteiger partial charge on any atom is 0.220 e. The molecule has 0 aromatic carbocycles. The first kappa shape index (κ1) is 48.3. The average Bonchev–Trinajstić information content (AvgIpc) is 3.10. The van der Waals surface area contributed by atoms with Crippen LogP contribution < -0.4 is 5.32 Å². The van der Waals surface area contributed by atoms with Gasteiger partial charge in [0.2, 0.25) is 5.91 Å². The zero-order valence-electron chi connectivity index (χ0n) is 33.0. The molecule has 0 aromatic rings.